The molecule has 1 unspecified atom stereocenters. The van der Waals surface area contributed by atoms with Crippen LogP contribution in [0.3, 0.4) is 0 Å². The largest absolute Gasteiger partial charge is 0.366 e. The second-order valence-electron chi connectivity index (χ2n) is 3.96. The molecular weight excluding hydrogens is 311 g/mol. The van der Waals surface area contributed by atoms with Crippen LogP contribution in [0.15, 0.2) is 16.7 Å². The molecule has 0 radical (unpaired) electrons. The maximum atomic E-state index is 5.84. The Bertz CT molecular complexity index is 345. The average Bonchev–Trinajstić information content (AvgIpc) is 2.20. The Hall–Kier alpha value is 0.01000. The molecule has 0 spiro atoms. The summed E-state index contributed by atoms with van der Waals surface area (Å²) in [4.78, 5) is 4.25. The van der Waals surface area contributed by atoms with Crippen LogP contribution >= 0.6 is 39.1 Å². The van der Waals surface area contributed by atoms with Crippen molar-refractivity contribution in [3.8, 4) is 0 Å². The summed E-state index contributed by atoms with van der Waals surface area (Å²) in [7, 11) is 0. The highest BCUT2D eigenvalue weighted by molar-refractivity contribution is 9.10. The molecule has 1 atom stereocenters. The molecule has 0 amide bonds. The van der Waals surface area contributed by atoms with E-state index in [2.05, 4.69) is 40.1 Å². The summed E-state index contributed by atoms with van der Waals surface area (Å²) in [5.41, 5.74) is 0. The molecule has 1 aromatic rings. The Morgan fingerprint density at radius 1 is 1.50 bits per heavy atom. The molecule has 1 heterocycles. The normalized spacial score (nSPS) is 12.9. The summed E-state index contributed by atoms with van der Waals surface area (Å²) >= 11 is 15.0. The Kier molecular flexibility index (Phi) is 5.87. The molecule has 1 rings (SSSR count). The van der Waals surface area contributed by atoms with E-state index in [0.717, 1.165) is 16.7 Å². The monoisotopic (exact) mass is 324 g/mol. The number of nitrogens with zero attached hydrogens (tertiary/aromatic N) is 1. The van der Waals surface area contributed by atoms with E-state index in [4.69, 9.17) is 23.2 Å². The minimum Gasteiger partial charge on any atom is -0.366 e. The van der Waals surface area contributed by atoms with Gasteiger partial charge in [-0.3, -0.25) is 0 Å². The van der Waals surface area contributed by atoms with Crippen LogP contribution < -0.4 is 5.32 Å². The van der Waals surface area contributed by atoms with Gasteiger partial charge in [-0.05, 0) is 34.3 Å². The van der Waals surface area contributed by atoms with Crippen molar-refractivity contribution < 1.29 is 0 Å². The first-order valence-corrected chi connectivity index (χ1v) is 6.88. The molecule has 90 valence electrons. The summed E-state index contributed by atoms with van der Waals surface area (Å²) < 4.78 is 0.875. The van der Waals surface area contributed by atoms with Crippen LogP contribution in [0.2, 0.25) is 5.02 Å². The van der Waals surface area contributed by atoms with Crippen molar-refractivity contribution >= 4 is 44.9 Å². The topological polar surface area (TPSA) is 24.9 Å². The van der Waals surface area contributed by atoms with Gasteiger partial charge in [-0.25, -0.2) is 4.98 Å². The second kappa shape index (κ2) is 6.67. The average molecular weight is 326 g/mol. The molecule has 0 bridgehead atoms. The van der Waals surface area contributed by atoms with E-state index in [1.165, 1.54) is 0 Å². The van der Waals surface area contributed by atoms with Crippen LogP contribution in [0, 0.1) is 5.92 Å². The third-order valence-electron chi connectivity index (χ3n) is 2.35. The van der Waals surface area contributed by atoms with Gasteiger partial charge in [0.2, 0.25) is 0 Å². The van der Waals surface area contributed by atoms with Gasteiger partial charge in [0.25, 0.3) is 0 Å². The number of rotatable bonds is 5. The van der Waals surface area contributed by atoms with Crippen LogP contribution in [-0.2, 0) is 0 Å². The lowest BCUT2D eigenvalue weighted by Crippen LogP contribution is -2.26. The molecule has 2 nitrogen and oxygen atoms in total. The molecule has 0 aromatic carbocycles. The zero-order valence-electron chi connectivity index (χ0n) is 9.30. The van der Waals surface area contributed by atoms with Crippen molar-refractivity contribution in [2.75, 3.05) is 11.2 Å². The van der Waals surface area contributed by atoms with Crippen LogP contribution in [0.1, 0.15) is 20.3 Å². The fourth-order valence-corrected chi connectivity index (χ4v) is 2.37. The molecule has 0 saturated heterocycles. The Labute approximate surface area is 115 Å². The third-order valence-corrected chi connectivity index (χ3v) is 3.38. The second-order valence-corrected chi connectivity index (χ2v) is 5.63. The molecular formula is C11H15BrCl2N2. The highest BCUT2D eigenvalue weighted by atomic mass is 79.9. The van der Waals surface area contributed by atoms with Gasteiger partial charge in [0.1, 0.15) is 5.82 Å². The van der Waals surface area contributed by atoms with Crippen molar-refractivity contribution in [2.24, 2.45) is 5.92 Å². The van der Waals surface area contributed by atoms with E-state index in [9.17, 15) is 0 Å². The van der Waals surface area contributed by atoms with E-state index in [1.807, 2.05) is 6.07 Å². The van der Waals surface area contributed by atoms with E-state index >= 15 is 0 Å². The molecule has 1 aromatic heterocycles. The summed E-state index contributed by atoms with van der Waals surface area (Å²) in [5.74, 6) is 1.96. The van der Waals surface area contributed by atoms with E-state index in [-0.39, 0.29) is 0 Å². The van der Waals surface area contributed by atoms with Crippen molar-refractivity contribution in [3.63, 3.8) is 0 Å². The first-order valence-electron chi connectivity index (χ1n) is 5.18. The molecule has 0 aliphatic rings. The minimum atomic E-state index is 0.322. The van der Waals surface area contributed by atoms with Crippen LogP contribution in [-0.4, -0.2) is 16.9 Å². The summed E-state index contributed by atoms with van der Waals surface area (Å²) in [6.45, 7) is 4.32. The molecule has 5 heteroatoms. The first-order chi connectivity index (χ1) is 7.54. The van der Waals surface area contributed by atoms with E-state index in [0.29, 0.717) is 22.9 Å². The standard InChI is InChI=1S/C11H15BrCl2N2/c1-7(2)10(3-4-13)16-11-9(12)5-8(14)6-15-11/h5-7,10H,3-4H2,1-2H3,(H,15,16). The first kappa shape index (κ1) is 14.1. The number of hydrogen-bond donors (Lipinski definition) is 1. The highest BCUT2D eigenvalue weighted by Crippen LogP contribution is 2.25. The molecule has 1 N–H and O–H groups in total. The maximum absolute atomic E-state index is 5.84. The van der Waals surface area contributed by atoms with Gasteiger partial charge in [-0.1, -0.05) is 25.4 Å². The zero-order valence-corrected chi connectivity index (χ0v) is 12.4. The predicted octanol–water partition coefficient (Wildman–Crippen LogP) is 4.56. The van der Waals surface area contributed by atoms with E-state index in [1.54, 1.807) is 6.20 Å². The Morgan fingerprint density at radius 3 is 2.69 bits per heavy atom. The summed E-state index contributed by atoms with van der Waals surface area (Å²) in [5, 5.41) is 3.99. The number of pyridine rings is 1. The lowest BCUT2D eigenvalue weighted by Gasteiger charge is -2.22. The number of hydrogen-bond acceptors (Lipinski definition) is 2. The lowest BCUT2D eigenvalue weighted by molar-refractivity contribution is 0.511. The van der Waals surface area contributed by atoms with Crippen LogP contribution in [0.4, 0.5) is 5.82 Å². The fourth-order valence-electron chi connectivity index (χ4n) is 1.39. The van der Waals surface area contributed by atoms with Gasteiger partial charge in [0.15, 0.2) is 0 Å². The predicted molar refractivity (Wildman–Crippen MR) is 74.5 cm³/mol. The van der Waals surface area contributed by atoms with Gasteiger partial charge in [0.05, 0.1) is 9.50 Å². The molecule has 16 heavy (non-hydrogen) atoms. The lowest BCUT2D eigenvalue weighted by atomic mass is 10.0. The van der Waals surface area contributed by atoms with Gasteiger partial charge in [-0.2, -0.15) is 0 Å². The molecule has 0 aliphatic carbocycles. The SMILES string of the molecule is CC(C)C(CCCl)Nc1ncc(Cl)cc1Br. The van der Waals surface area contributed by atoms with Crippen LogP contribution in [0.5, 0.6) is 0 Å². The fraction of sp³-hybridized carbons (Fsp3) is 0.545. The molecule has 0 aliphatic heterocycles. The quantitative estimate of drug-likeness (QED) is 0.802. The Morgan fingerprint density at radius 2 is 2.19 bits per heavy atom. The minimum absolute atomic E-state index is 0.322. The number of anilines is 1. The van der Waals surface area contributed by atoms with Gasteiger partial charge in [0, 0.05) is 18.1 Å². The van der Waals surface area contributed by atoms with Crippen LogP contribution in [0.25, 0.3) is 0 Å². The Balaban J connectivity index is 2.77. The highest BCUT2D eigenvalue weighted by Gasteiger charge is 2.14. The van der Waals surface area contributed by atoms with Gasteiger partial charge >= 0.3 is 0 Å². The van der Waals surface area contributed by atoms with Gasteiger partial charge in [-0.15, -0.1) is 11.6 Å². The van der Waals surface area contributed by atoms with Crippen molar-refractivity contribution in [3.05, 3.63) is 21.8 Å². The number of alkyl halides is 1. The maximum Gasteiger partial charge on any atom is 0.140 e. The summed E-state index contributed by atoms with van der Waals surface area (Å²) in [6, 6.07) is 2.15. The molecule has 0 saturated carbocycles. The number of nitrogens with one attached hydrogen (secondary N) is 1. The van der Waals surface area contributed by atoms with Crippen molar-refractivity contribution in [1.82, 2.24) is 4.98 Å². The van der Waals surface area contributed by atoms with E-state index < -0.39 is 0 Å². The van der Waals surface area contributed by atoms with Gasteiger partial charge < -0.3 is 5.32 Å². The zero-order chi connectivity index (χ0) is 12.1. The van der Waals surface area contributed by atoms with Crippen molar-refractivity contribution in [2.45, 2.75) is 26.3 Å². The number of halogens is 3. The van der Waals surface area contributed by atoms with Crippen molar-refractivity contribution in [1.29, 1.82) is 0 Å². The summed E-state index contributed by atoms with van der Waals surface area (Å²) in [6.07, 6.45) is 2.54. The molecule has 0 fully saturated rings. The number of aromatic nitrogens is 1. The third kappa shape index (κ3) is 4.11. The smallest absolute Gasteiger partial charge is 0.140 e.